The van der Waals surface area contributed by atoms with Crippen LogP contribution in [0.1, 0.15) is 5.56 Å². The summed E-state index contributed by atoms with van der Waals surface area (Å²) in [4.78, 5) is 29.8. The Labute approximate surface area is 124 Å². The summed E-state index contributed by atoms with van der Waals surface area (Å²) in [6.07, 6.45) is 0. The number of carbonyl (C=O) groups is 2. The quantitative estimate of drug-likeness (QED) is 0.862. The molecular formula is C15H20N4O2. The minimum atomic E-state index is -0.114. The number of nitrogens with zero attached hydrogens (tertiary/aromatic N) is 3. The molecule has 2 heterocycles. The summed E-state index contributed by atoms with van der Waals surface area (Å²) in [5.41, 5.74) is 1.93. The van der Waals surface area contributed by atoms with Crippen molar-refractivity contribution in [1.82, 2.24) is 15.1 Å². The predicted octanol–water partition coefficient (Wildman–Crippen LogP) is 0.490. The zero-order valence-electron chi connectivity index (χ0n) is 12.2. The fraction of sp³-hybridized carbons (Fsp3) is 0.467. The summed E-state index contributed by atoms with van der Waals surface area (Å²) < 4.78 is 0. The zero-order chi connectivity index (χ0) is 14.8. The molecule has 21 heavy (non-hydrogen) atoms. The van der Waals surface area contributed by atoms with Crippen LogP contribution < -0.4 is 10.2 Å². The lowest BCUT2D eigenvalue weighted by molar-refractivity contribution is -0.130. The number of fused-ring (bicyclic) bond motifs is 1. The smallest absolute Gasteiger partial charge is 0.325 e. The van der Waals surface area contributed by atoms with Crippen molar-refractivity contribution in [2.45, 2.75) is 6.54 Å². The van der Waals surface area contributed by atoms with Gasteiger partial charge in [0, 0.05) is 39.8 Å². The van der Waals surface area contributed by atoms with Gasteiger partial charge < -0.3 is 15.1 Å². The molecule has 6 nitrogen and oxygen atoms in total. The SMILES string of the molecule is CN1Cc2ccccc2N(CC(=O)N2CCNCC2)C1=O. The summed E-state index contributed by atoms with van der Waals surface area (Å²) in [6.45, 7) is 3.75. The molecule has 0 unspecified atom stereocenters. The molecule has 1 N–H and O–H groups in total. The van der Waals surface area contributed by atoms with Gasteiger partial charge in [0.1, 0.15) is 6.54 Å². The fourth-order valence-corrected chi connectivity index (χ4v) is 2.84. The third kappa shape index (κ3) is 2.71. The van der Waals surface area contributed by atoms with E-state index in [4.69, 9.17) is 0 Å². The maximum Gasteiger partial charge on any atom is 0.325 e. The first kappa shape index (κ1) is 13.9. The van der Waals surface area contributed by atoms with Gasteiger partial charge in [-0.3, -0.25) is 9.69 Å². The molecule has 0 radical (unpaired) electrons. The fourth-order valence-electron chi connectivity index (χ4n) is 2.84. The number of anilines is 1. The first-order valence-corrected chi connectivity index (χ1v) is 7.26. The Morgan fingerprint density at radius 2 is 1.95 bits per heavy atom. The number of benzene rings is 1. The van der Waals surface area contributed by atoms with E-state index >= 15 is 0 Å². The number of nitrogens with one attached hydrogen (secondary N) is 1. The maximum atomic E-state index is 12.4. The molecular weight excluding hydrogens is 268 g/mol. The van der Waals surface area contributed by atoms with Gasteiger partial charge in [0.05, 0.1) is 5.69 Å². The largest absolute Gasteiger partial charge is 0.339 e. The van der Waals surface area contributed by atoms with E-state index in [1.165, 1.54) is 0 Å². The molecule has 2 aliphatic rings. The van der Waals surface area contributed by atoms with Crippen molar-refractivity contribution in [2.24, 2.45) is 0 Å². The van der Waals surface area contributed by atoms with Crippen LogP contribution in [0.4, 0.5) is 10.5 Å². The Hall–Kier alpha value is -2.08. The molecule has 1 aromatic carbocycles. The van der Waals surface area contributed by atoms with Crippen LogP contribution in [-0.2, 0) is 11.3 Å². The van der Waals surface area contributed by atoms with Gasteiger partial charge in [-0.25, -0.2) is 4.79 Å². The van der Waals surface area contributed by atoms with Crippen molar-refractivity contribution < 1.29 is 9.59 Å². The number of para-hydroxylation sites is 1. The van der Waals surface area contributed by atoms with Crippen molar-refractivity contribution in [1.29, 1.82) is 0 Å². The number of urea groups is 1. The second kappa shape index (κ2) is 5.73. The number of piperazine rings is 1. The number of rotatable bonds is 2. The van der Waals surface area contributed by atoms with Crippen molar-refractivity contribution in [3.63, 3.8) is 0 Å². The Kier molecular flexibility index (Phi) is 3.79. The molecule has 2 aliphatic heterocycles. The molecule has 112 valence electrons. The molecule has 1 fully saturated rings. The van der Waals surface area contributed by atoms with Crippen molar-refractivity contribution >= 4 is 17.6 Å². The minimum Gasteiger partial charge on any atom is -0.339 e. The third-order valence-electron chi connectivity index (χ3n) is 4.01. The van der Waals surface area contributed by atoms with Gasteiger partial charge >= 0.3 is 6.03 Å². The van der Waals surface area contributed by atoms with E-state index in [-0.39, 0.29) is 18.5 Å². The molecule has 6 heteroatoms. The second-order valence-electron chi connectivity index (χ2n) is 5.48. The van der Waals surface area contributed by atoms with Crippen LogP contribution in [0.2, 0.25) is 0 Å². The molecule has 0 aliphatic carbocycles. The summed E-state index contributed by atoms with van der Waals surface area (Å²) in [7, 11) is 1.76. The lowest BCUT2D eigenvalue weighted by atomic mass is 10.1. The number of amides is 3. The second-order valence-corrected chi connectivity index (χ2v) is 5.48. The van der Waals surface area contributed by atoms with E-state index in [1.54, 1.807) is 16.8 Å². The molecule has 0 bridgehead atoms. The van der Waals surface area contributed by atoms with Gasteiger partial charge in [0.15, 0.2) is 0 Å². The Morgan fingerprint density at radius 3 is 2.71 bits per heavy atom. The third-order valence-corrected chi connectivity index (χ3v) is 4.01. The molecule has 0 atom stereocenters. The minimum absolute atomic E-state index is 0.00922. The van der Waals surface area contributed by atoms with Crippen LogP contribution in [0.3, 0.4) is 0 Å². The van der Waals surface area contributed by atoms with Crippen LogP contribution in [0.5, 0.6) is 0 Å². The van der Waals surface area contributed by atoms with Crippen LogP contribution >= 0.6 is 0 Å². The lowest BCUT2D eigenvalue weighted by Crippen LogP contribution is -2.53. The first-order valence-electron chi connectivity index (χ1n) is 7.26. The van der Waals surface area contributed by atoms with Gasteiger partial charge in [-0.05, 0) is 11.6 Å². The van der Waals surface area contributed by atoms with Crippen LogP contribution in [0.15, 0.2) is 24.3 Å². The summed E-state index contributed by atoms with van der Waals surface area (Å²) in [5.74, 6) is 0.00922. The Morgan fingerprint density at radius 1 is 1.24 bits per heavy atom. The Bertz CT molecular complexity index is 554. The van der Waals surface area contributed by atoms with E-state index in [1.807, 2.05) is 29.2 Å². The van der Waals surface area contributed by atoms with E-state index in [0.717, 1.165) is 24.3 Å². The molecule has 0 spiro atoms. The predicted molar refractivity (Wildman–Crippen MR) is 80.1 cm³/mol. The summed E-state index contributed by atoms with van der Waals surface area (Å²) in [5, 5.41) is 3.22. The zero-order valence-corrected chi connectivity index (χ0v) is 12.2. The first-order chi connectivity index (χ1) is 10.2. The van der Waals surface area contributed by atoms with E-state index in [9.17, 15) is 9.59 Å². The number of carbonyl (C=O) groups excluding carboxylic acids is 2. The average molecular weight is 288 g/mol. The van der Waals surface area contributed by atoms with E-state index in [0.29, 0.717) is 19.6 Å². The van der Waals surface area contributed by atoms with Crippen LogP contribution in [0, 0.1) is 0 Å². The molecule has 0 saturated carbocycles. The molecule has 1 saturated heterocycles. The summed E-state index contributed by atoms with van der Waals surface area (Å²) in [6, 6.07) is 7.65. The van der Waals surface area contributed by atoms with Crippen molar-refractivity contribution in [3.8, 4) is 0 Å². The van der Waals surface area contributed by atoms with E-state index < -0.39 is 0 Å². The van der Waals surface area contributed by atoms with Gasteiger partial charge in [-0.15, -0.1) is 0 Å². The van der Waals surface area contributed by atoms with Crippen LogP contribution in [-0.4, -0.2) is 61.5 Å². The van der Waals surface area contributed by atoms with Gasteiger partial charge in [0.2, 0.25) is 5.91 Å². The van der Waals surface area contributed by atoms with Gasteiger partial charge in [-0.2, -0.15) is 0 Å². The van der Waals surface area contributed by atoms with Gasteiger partial charge in [-0.1, -0.05) is 18.2 Å². The van der Waals surface area contributed by atoms with Crippen molar-refractivity contribution in [2.75, 3.05) is 44.7 Å². The van der Waals surface area contributed by atoms with Crippen molar-refractivity contribution in [3.05, 3.63) is 29.8 Å². The number of hydrogen-bond donors (Lipinski definition) is 1. The highest BCUT2D eigenvalue weighted by molar-refractivity contribution is 5.99. The normalized spacial score (nSPS) is 18.7. The monoisotopic (exact) mass is 288 g/mol. The highest BCUT2D eigenvalue weighted by Crippen LogP contribution is 2.27. The van der Waals surface area contributed by atoms with Gasteiger partial charge in [0.25, 0.3) is 0 Å². The van der Waals surface area contributed by atoms with Crippen LogP contribution in [0.25, 0.3) is 0 Å². The number of hydrogen-bond acceptors (Lipinski definition) is 3. The van der Waals surface area contributed by atoms with E-state index in [2.05, 4.69) is 5.32 Å². The lowest BCUT2D eigenvalue weighted by Gasteiger charge is -2.36. The highest BCUT2D eigenvalue weighted by Gasteiger charge is 2.30. The maximum absolute atomic E-state index is 12.4. The molecule has 3 rings (SSSR count). The highest BCUT2D eigenvalue weighted by atomic mass is 16.2. The molecule has 3 amide bonds. The summed E-state index contributed by atoms with van der Waals surface area (Å²) >= 11 is 0. The topological polar surface area (TPSA) is 55.9 Å². The standard InChI is InChI=1S/C15H20N4O2/c1-17-10-12-4-2-3-5-13(12)19(15(17)21)11-14(20)18-8-6-16-7-9-18/h2-5,16H,6-11H2,1H3. The molecule has 0 aromatic heterocycles. The molecule has 1 aromatic rings. The Balaban J connectivity index is 1.80. The average Bonchev–Trinajstić information content (AvgIpc) is 2.52.